The SMILES string of the molecule is Cc1ccc(CNC2CC2)cc1-c1cc(F)c(F)c(F)c1. The van der Waals surface area contributed by atoms with Gasteiger partial charge in [-0.15, -0.1) is 0 Å². The van der Waals surface area contributed by atoms with Gasteiger partial charge in [-0.25, -0.2) is 13.2 Å². The Balaban J connectivity index is 1.94. The molecule has 1 aliphatic carbocycles. The maximum Gasteiger partial charge on any atom is 0.194 e. The van der Waals surface area contributed by atoms with Gasteiger partial charge in [-0.2, -0.15) is 0 Å². The highest BCUT2D eigenvalue weighted by molar-refractivity contribution is 5.68. The fourth-order valence-electron chi connectivity index (χ4n) is 2.35. The number of rotatable bonds is 4. The van der Waals surface area contributed by atoms with E-state index in [1.54, 1.807) is 0 Å². The third-order valence-corrected chi connectivity index (χ3v) is 3.77. The van der Waals surface area contributed by atoms with E-state index in [-0.39, 0.29) is 0 Å². The smallest absolute Gasteiger partial charge is 0.194 e. The Labute approximate surface area is 121 Å². The van der Waals surface area contributed by atoms with Crippen LogP contribution in [0, 0.1) is 24.4 Å². The zero-order chi connectivity index (χ0) is 15.0. The minimum atomic E-state index is -1.43. The highest BCUT2D eigenvalue weighted by Crippen LogP contribution is 2.28. The Morgan fingerprint density at radius 2 is 1.71 bits per heavy atom. The Hall–Kier alpha value is -1.81. The minimum Gasteiger partial charge on any atom is -0.310 e. The molecule has 0 aliphatic heterocycles. The van der Waals surface area contributed by atoms with Crippen LogP contribution in [0.5, 0.6) is 0 Å². The summed E-state index contributed by atoms with van der Waals surface area (Å²) in [6, 6.07) is 8.48. The van der Waals surface area contributed by atoms with Gasteiger partial charge in [0.05, 0.1) is 0 Å². The topological polar surface area (TPSA) is 12.0 Å². The lowest BCUT2D eigenvalue weighted by atomic mass is 9.97. The number of hydrogen-bond acceptors (Lipinski definition) is 1. The molecule has 0 atom stereocenters. The van der Waals surface area contributed by atoms with Crippen molar-refractivity contribution in [1.82, 2.24) is 5.32 Å². The number of aryl methyl sites for hydroxylation is 1. The van der Waals surface area contributed by atoms with Crippen LogP contribution in [-0.4, -0.2) is 6.04 Å². The van der Waals surface area contributed by atoms with E-state index in [4.69, 9.17) is 0 Å². The van der Waals surface area contributed by atoms with Crippen molar-refractivity contribution in [3.8, 4) is 11.1 Å². The van der Waals surface area contributed by atoms with Crippen LogP contribution in [-0.2, 0) is 6.54 Å². The Morgan fingerprint density at radius 3 is 2.33 bits per heavy atom. The van der Waals surface area contributed by atoms with Crippen molar-refractivity contribution >= 4 is 0 Å². The molecule has 1 saturated carbocycles. The Kier molecular flexibility index (Phi) is 3.72. The molecule has 0 aromatic heterocycles. The number of halogens is 3. The van der Waals surface area contributed by atoms with Crippen molar-refractivity contribution in [3.05, 3.63) is 58.9 Å². The first-order chi connectivity index (χ1) is 10.0. The van der Waals surface area contributed by atoms with Crippen LogP contribution in [0.25, 0.3) is 11.1 Å². The molecule has 3 rings (SSSR count). The molecule has 1 nitrogen and oxygen atoms in total. The fraction of sp³-hybridized carbons (Fsp3) is 0.294. The quantitative estimate of drug-likeness (QED) is 0.827. The van der Waals surface area contributed by atoms with Crippen molar-refractivity contribution in [3.63, 3.8) is 0 Å². The first-order valence-electron chi connectivity index (χ1n) is 7.02. The summed E-state index contributed by atoms with van der Waals surface area (Å²) in [6.07, 6.45) is 2.40. The Bertz CT molecular complexity index is 655. The van der Waals surface area contributed by atoms with Crippen molar-refractivity contribution in [2.75, 3.05) is 0 Å². The van der Waals surface area contributed by atoms with Crippen molar-refractivity contribution in [2.24, 2.45) is 0 Å². The second-order valence-electron chi connectivity index (χ2n) is 5.56. The molecule has 0 spiro atoms. The summed E-state index contributed by atoms with van der Waals surface area (Å²) in [5.41, 5.74) is 3.03. The average Bonchev–Trinajstić information content (AvgIpc) is 3.27. The first-order valence-corrected chi connectivity index (χ1v) is 7.02. The standard InChI is InChI=1S/C17H16F3N/c1-10-2-3-11(9-21-13-4-5-13)6-14(10)12-7-15(18)17(20)16(19)8-12/h2-3,6-8,13,21H,4-5,9H2,1H3. The lowest BCUT2D eigenvalue weighted by Crippen LogP contribution is -2.15. The zero-order valence-electron chi connectivity index (χ0n) is 11.7. The molecule has 0 heterocycles. The van der Waals surface area contributed by atoms with Crippen molar-refractivity contribution in [2.45, 2.75) is 32.4 Å². The monoisotopic (exact) mass is 291 g/mol. The van der Waals surface area contributed by atoms with E-state index in [9.17, 15) is 13.2 Å². The van der Waals surface area contributed by atoms with Crippen molar-refractivity contribution < 1.29 is 13.2 Å². The van der Waals surface area contributed by atoms with E-state index in [0.717, 1.165) is 35.4 Å². The molecule has 1 N–H and O–H groups in total. The van der Waals surface area contributed by atoms with Gasteiger partial charge in [-0.05, 0) is 60.2 Å². The molecule has 0 bridgehead atoms. The molecule has 110 valence electrons. The second kappa shape index (κ2) is 5.53. The molecule has 2 aromatic rings. The predicted molar refractivity (Wildman–Crippen MR) is 76.4 cm³/mol. The zero-order valence-corrected chi connectivity index (χ0v) is 11.7. The van der Waals surface area contributed by atoms with Gasteiger partial charge in [0.2, 0.25) is 0 Å². The molecular formula is C17H16F3N. The number of hydrogen-bond donors (Lipinski definition) is 1. The second-order valence-corrected chi connectivity index (χ2v) is 5.56. The fourth-order valence-corrected chi connectivity index (χ4v) is 2.35. The molecule has 0 radical (unpaired) electrons. The lowest BCUT2D eigenvalue weighted by molar-refractivity contribution is 0.447. The lowest BCUT2D eigenvalue weighted by Gasteiger charge is -2.11. The summed E-state index contributed by atoms with van der Waals surface area (Å²) in [5, 5.41) is 3.39. The van der Waals surface area contributed by atoms with E-state index in [0.29, 0.717) is 11.6 Å². The molecule has 0 saturated heterocycles. The van der Waals surface area contributed by atoms with Gasteiger partial charge >= 0.3 is 0 Å². The molecule has 2 aromatic carbocycles. The van der Waals surface area contributed by atoms with Crippen LogP contribution in [0.2, 0.25) is 0 Å². The van der Waals surface area contributed by atoms with Crippen LogP contribution in [0.15, 0.2) is 30.3 Å². The van der Waals surface area contributed by atoms with Crippen LogP contribution in [0.1, 0.15) is 24.0 Å². The van der Waals surface area contributed by atoms with Gasteiger partial charge in [0.25, 0.3) is 0 Å². The summed E-state index contributed by atoms with van der Waals surface area (Å²) in [6.45, 7) is 2.59. The molecule has 4 heteroatoms. The Morgan fingerprint density at radius 1 is 1.05 bits per heavy atom. The van der Waals surface area contributed by atoms with E-state index in [1.165, 1.54) is 12.8 Å². The number of nitrogens with one attached hydrogen (secondary N) is 1. The van der Waals surface area contributed by atoms with Gasteiger partial charge in [-0.3, -0.25) is 0 Å². The molecule has 21 heavy (non-hydrogen) atoms. The van der Waals surface area contributed by atoms with E-state index < -0.39 is 17.5 Å². The largest absolute Gasteiger partial charge is 0.310 e. The van der Waals surface area contributed by atoms with Crippen LogP contribution >= 0.6 is 0 Å². The van der Waals surface area contributed by atoms with Crippen LogP contribution in [0.3, 0.4) is 0 Å². The van der Waals surface area contributed by atoms with Gasteiger partial charge in [0.15, 0.2) is 17.5 Å². The highest BCUT2D eigenvalue weighted by Gasteiger charge is 2.20. The maximum atomic E-state index is 13.4. The molecule has 0 amide bonds. The van der Waals surface area contributed by atoms with Gasteiger partial charge in [0, 0.05) is 12.6 Å². The molecule has 1 fully saturated rings. The van der Waals surface area contributed by atoms with Crippen LogP contribution < -0.4 is 5.32 Å². The van der Waals surface area contributed by atoms with Gasteiger partial charge in [0.1, 0.15) is 0 Å². The van der Waals surface area contributed by atoms with E-state index in [1.807, 2.05) is 25.1 Å². The van der Waals surface area contributed by atoms with E-state index in [2.05, 4.69) is 5.32 Å². The summed E-state index contributed by atoms with van der Waals surface area (Å²) >= 11 is 0. The predicted octanol–water partition coefficient (Wildman–Crippen LogP) is 4.33. The molecular weight excluding hydrogens is 275 g/mol. The van der Waals surface area contributed by atoms with Gasteiger partial charge < -0.3 is 5.32 Å². The normalized spacial score (nSPS) is 14.5. The minimum absolute atomic E-state index is 0.358. The van der Waals surface area contributed by atoms with Gasteiger partial charge in [-0.1, -0.05) is 12.1 Å². The first kappa shape index (κ1) is 14.1. The highest BCUT2D eigenvalue weighted by atomic mass is 19.2. The van der Waals surface area contributed by atoms with Crippen LogP contribution in [0.4, 0.5) is 13.2 Å². The third-order valence-electron chi connectivity index (χ3n) is 3.77. The third kappa shape index (κ3) is 3.10. The summed E-state index contributed by atoms with van der Waals surface area (Å²) in [4.78, 5) is 0. The molecule has 0 unspecified atom stereocenters. The van der Waals surface area contributed by atoms with Crippen molar-refractivity contribution in [1.29, 1.82) is 0 Å². The number of benzene rings is 2. The summed E-state index contributed by atoms with van der Waals surface area (Å²) < 4.78 is 39.8. The molecule has 1 aliphatic rings. The average molecular weight is 291 g/mol. The van der Waals surface area contributed by atoms with E-state index >= 15 is 0 Å². The summed E-state index contributed by atoms with van der Waals surface area (Å²) in [7, 11) is 0. The maximum absolute atomic E-state index is 13.4. The summed E-state index contributed by atoms with van der Waals surface area (Å²) in [5.74, 6) is -3.75.